The standard InChI is InChI=1S/C14H18BrNO/c1-3-11-5-4-8-16(11)14(17)12-7-6-10(2)9-13(12)15/h6-7,9,11H,3-5,8H2,1-2H3. The third-order valence-corrected chi connectivity index (χ3v) is 4.12. The van der Waals surface area contributed by atoms with Crippen molar-refractivity contribution in [2.24, 2.45) is 0 Å². The number of hydrogen-bond acceptors (Lipinski definition) is 1. The van der Waals surface area contributed by atoms with Crippen LogP contribution in [0.15, 0.2) is 22.7 Å². The maximum atomic E-state index is 12.4. The van der Waals surface area contributed by atoms with Gasteiger partial charge in [0.1, 0.15) is 0 Å². The molecule has 1 fully saturated rings. The Balaban J connectivity index is 2.24. The lowest BCUT2D eigenvalue weighted by atomic mass is 10.1. The van der Waals surface area contributed by atoms with E-state index in [9.17, 15) is 4.79 Å². The molecule has 1 amide bonds. The third-order valence-electron chi connectivity index (χ3n) is 3.46. The van der Waals surface area contributed by atoms with E-state index in [0.717, 1.165) is 35.8 Å². The molecule has 0 N–H and O–H groups in total. The first-order valence-corrected chi connectivity index (χ1v) is 7.00. The highest BCUT2D eigenvalue weighted by Crippen LogP contribution is 2.26. The maximum absolute atomic E-state index is 12.4. The van der Waals surface area contributed by atoms with Crippen LogP contribution in [0.4, 0.5) is 0 Å². The van der Waals surface area contributed by atoms with Gasteiger partial charge in [-0.2, -0.15) is 0 Å². The Kier molecular flexibility index (Phi) is 3.87. The molecule has 0 bridgehead atoms. The van der Waals surface area contributed by atoms with Gasteiger partial charge < -0.3 is 4.90 Å². The minimum Gasteiger partial charge on any atom is -0.336 e. The van der Waals surface area contributed by atoms with Gasteiger partial charge in [0.05, 0.1) is 5.56 Å². The minimum absolute atomic E-state index is 0.168. The van der Waals surface area contributed by atoms with Crippen molar-refractivity contribution in [2.45, 2.75) is 39.2 Å². The molecule has 0 saturated carbocycles. The maximum Gasteiger partial charge on any atom is 0.255 e. The highest BCUT2D eigenvalue weighted by molar-refractivity contribution is 9.10. The Labute approximate surface area is 111 Å². The second kappa shape index (κ2) is 5.21. The Morgan fingerprint density at radius 2 is 2.29 bits per heavy atom. The van der Waals surface area contributed by atoms with E-state index in [1.54, 1.807) is 0 Å². The number of nitrogens with zero attached hydrogens (tertiary/aromatic N) is 1. The smallest absolute Gasteiger partial charge is 0.255 e. The number of hydrogen-bond donors (Lipinski definition) is 0. The van der Waals surface area contributed by atoms with Gasteiger partial charge in [-0.15, -0.1) is 0 Å². The summed E-state index contributed by atoms with van der Waals surface area (Å²) in [6.45, 7) is 5.09. The molecular formula is C14H18BrNO. The van der Waals surface area contributed by atoms with Gasteiger partial charge in [-0.3, -0.25) is 4.79 Å². The quantitative estimate of drug-likeness (QED) is 0.813. The molecule has 1 atom stereocenters. The number of halogens is 1. The zero-order chi connectivity index (χ0) is 12.4. The van der Waals surface area contributed by atoms with Crippen LogP contribution in [0.2, 0.25) is 0 Å². The van der Waals surface area contributed by atoms with E-state index in [-0.39, 0.29) is 5.91 Å². The second-order valence-electron chi connectivity index (χ2n) is 4.69. The van der Waals surface area contributed by atoms with Crippen molar-refractivity contribution in [3.8, 4) is 0 Å². The molecule has 3 heteroatoms. The lowest BCUT2D eigenvalue weighted by Crippen LogP contribution is -2.35. The van der Waals surface area contributed by atoms with Crippen LogP contribution in [0.1, 0.15) is 42.1 Å². The van der Waals surface area contributed by atoms with Gasteiger partial charge in [-0.1, -0.05) is 13.0 Å². The monoisotopic (exact) mass is 295 g/mol. The highest BCUT2D eigenvalue weighted by atomic mass is 79.9. The van der Waals surface area contributed by atoms with Crippen molar-refractivity contribution in [3.63, 3.8) is 0 Å². The van der Waals surface area contributed by atoms with Crippen molar-refractivity contribution in [2.75, 3.05) is 6.54 Å². The average molecular weight is 296 g/mol. The molecule has 0 aromatic heterocycles. The Morgan fingerprint density at radius 1 is 1.53 bits per heavy atom. The fraction of sp³-hybridized carbons (Fsp3) is 0.500. The summed E-state index contributed by atoms with van der Waals surface area (Å²) in [6.07, 6.45) is 3.33. The third kappa shape index (κ3) is 2.54. The number of rotatable bonds is 2. The van der Waals surface area contributed by atoms with Crippen molar-refractivity contribution in [1.29, 1.82) is 0 Å². The molecule has 1 aromatic carbocycles. The van der Waals surface area contributed by atoms with Gasteiger partial charge in [0.25, 0.3) is 5.91 Å². The fourth-order valence-corrected chi connectivity index (χ4v) is 3.14. The van der Waals surface area contributed by atoms with Crippen molar-refractivity contribution in [1.82, 2.24) is 4.90 Å². The molecule has 1 aliphatic rings. The summed E-state index contributed by atoms with van der Waals surface area (Å²) in [5, 5.41) is 0. The number of amides is 1. The lowest BCUT2D eigenvalue weighted by Gasteiger charge is -2.24. The SMILES string of the molecule is CCC1CCCN1C(=O)c1ccc(C)cc1Br. The summed E-state index contributed by atoms with van der Waals surface area (Å²) < 4.78 is 0.907. The van der Waals surface area contributed by atoms with Crippen LogP contribution in [-0.4, -0.2) is 23.4 Å². The molecule has 0 spiro atoms. The van der Waals surface area contributed by atoms with Crippen LogP contribution in [-0.2, 0) is 0 Å². The predicted molar refractivity (Wildman–Crippen MR) is 73.2 cm³/mol. The van der Waals surface area contributed by atoms with Crippen LogP contribution < -0.4 is 0 Å². The van der Waals surface area contributed by atoms with Gasteiger partial charge in [-0.05, 0) is 59.8 Å². The van der Waals surface area contributed by atoms with Gasteiger partial charge in [0, 0.05) is 17.1 Å². The van der Waals surface area contributed by atoms with Gasteiger partial charge in [0.15, 0.2) is 0 Å². The number of benzene rings is 1. The summed E-state index contributed by atoms with van der Waals surface area (Å²) >= 11 is 3.49. The molecule has 92 valence electrons. The molecule has 0 radical (unpaired) electrons. The van der Waals surface area contributed by atoms with Gasteiger partial charge in [-0.25, -0.2) is 0 Å². The molecule has 2 rings (SSSR count). The second-order valence-corrected chi connectivity index (χ2v) is 5.54. The molecule has 1 aliphatic heterocycles. The minimum atomic E-state index is 0.168. The zero-order valence-electron chi connectivity index (χ0n) is 10.4. The molecule has 17 heavy (non-hydrogen) atoms. The molecular weight excluding hydrogens is 278 g/mol. The van der Waals surface area contributed by atoms with E-state index in [4.69, 9.17) is 0 Å². The summed E-state index contributed by atoms with van der Waals surface area (Å²) in [5.74, 6) is 0.168. The highest BCUT2D eigenvalue weighted by Gasteiger charge is 2.28. The number of carbonyl (C=O) groups excluding carboxylic acids is 1. The lowest BCUT2D eigenvalue weighted by molar-refractivity contribution is 0.0733. The largest absolute Gasteiger partial charge is 0.336 e. The number of likely N-dealkylation sites (tertiary alicyclic amines) is 1. The summed E-state index contributed by atoms with van der Waals surface area (Å²) in [4.78, 5) is 14.5. The van der Waals surface area contributed by atoms with Crippen LogP contribution in [0.5, 0.6) is 0 Å². The van der Waals surface area contributed by atoms with Crippen LogP contribution in [0.25, 0.3) is 0 Å². The first-order valence-electron chi connectivity index (χ1n) is 6.20. The number of carbonyl (C=O) groups is 1. The fourth-order valence-electron chi connectivity index (χ4n) is 2.48. The molecule has 1 unspecified atom stereocenters. The molecule has 1 heterocycles. The number of aryl methyl sites for hydroxylation is 1. The summed E-state index contributed by atoms with van der Waals surface area (Å²) in [7, 11) is 0. The zero-order valence-corrected chi connectivity index (χ0v) is 12.0. The Bertz CT molecular complexity index is 430. The molecule has 2 nitrogen and oxygen atoms in total. The van der Waals surface area contributed by atoms with Gasteiger partial charge >= 0.3 is 0 Å². The normalized spacial score (nSPS) is 19.7. The van der Waals surface area contributed by atoms with E-state index in [2.05, 4.69) is 22.9 Å². The van der Waals surface area contributed by atoms with Crippen LogP contribution in [0.3, 0.4) is 0 Å². The molecule has 1 aromatic rings. The molecule has 0 aliphatic carbocycles. The topological polar surface area (TPSA) is 20.3 Å². The van der Waals surface area contributed by atoms with E-state index in [0.29, 0.717) is 6.04 Å². The Morgan fingerprint density at radius 3 is 2.94 bits per heavy atom. The van der Waals surface area contributed by atoms with Crippen molar-refractivity contribution < 1.29 is 4.79 Å². The van der Waals surface area contributed by atoms with Crippen molar-refractivity contribution >= 4 is 21.8 Å². The van der Waals surface area contributed by atoms with Crippen LogP contribution >= 0.6 is 15.9 Å². The van der Waals surface area contributed by atoms with E-state index >= 15 is 0 Å². The van der Waals surface area contributed by atoms with E-state index < -0.39 is 0 Å². The summed E-state index contributed by atoms with van der Waals surface area (Å²) in [6, 6.07) is 6.35. The first kappa shape index (κ1) is 12.6. The van der Waals surface area contributed by atoms with Crippen LogP contribution in [0, 0.1) is 6.92 Å². The van der Waals surface area contributed by atoms with Gasteiger partial charge in [0.2, 0.25) is 0 Å². The summed E-state index contributed by atoms with van der Waals surface area (Å²) in [5.41, 5.74) is 1.96. The predicted octanol–water partition coefficient (Wildman–Crippen LogP) is 3.77. The van der Waals surface area contributed by atoms with E-state index in [1.807, 2.05) is 30.0 Å². The molecule has 1 saturated heterocycles. The van der Waals surface area contributed by atoms with E-state index in [1.165, 1.54) is 5.56 Å². The Hall–Kier alpha value is -0.830. The van der Waals surface area contributed by atoms with Crippen molar-refractivity contribution in [3.05, 3.63) is 33.8 Å². The average Bonchev–Trinajstić information content (AvgIpc) is 2.76. The first-order chi connectivity index (χ1) is 8.13.